The Balaban J connectivity index is 2.39. The topological polar surface area (TPSA) is 76.2 Å². The molecule has 0 saturated heterocycles. The maximum absolute atomic E-state index is 12.4. The molecule has 0 spiro atoms. The molecule has 100 valence electrons. The number of rotatable bonds is 1. The molecule has 0 radical (unpaired) electrons. The van der Waals surface area contributed by atoms with E-state index >= 15 is 0 Å². The Morgan fingerprint density at radius 2 is 1.89 bits per heavy atom. The van der Waals surface area contributed by atoms with E-state index in [4.69, 9.17) is 5.21 Å². The first kappa shape index (κ1) is 13.0. The molecular formula is C10H8F3N5O. The summed E-state index contributed by atoms with van der Waals surface area (Å²) in [5.74, 6) is 0.281. The number of hydrogen-bond acceptors (Lipinski definition) is 5. The number of alkyl halides is 3. The second-order valence-corrected chi connectivity index (χ2v) is 3.64. The molecule has 1 aromatic heterocycles. The van der Waals surface area contributed by atoms with Crippen molar-refractivity contribution in [2.45, 2.75) is 13.1 Å². The highest BCUT2D eigenvalue weighted by Gasteiger charge is 2.30. The maximum Gasteiger partial charge on any atom is 0.416 e. The minimum absolute atomic E-state index is 0.0591. The molecule has 0 atom stereocenters. The molecule has 0 aliphatic rings. The molecule has 0 aliphatic carbocycles. The first-order chi connectivity index (χ1) is 8.93. The molecule has 6 nitrogen and oxygen atoms in total. The molecule has 0 unspecified atom stereocenters. The second-order valence-electron chi connectivity index (χ2n) is 3.64. The maximum atomic E-state index is 12.4. The van der Waals surface area contributed by atoms with Crippen LogP contribution in [0.4, 0.5) is 13.2 Å². The number of aromatic nitrogens is 4. The van der Waals surface area contributed by atoms with Crippen LogP contribution >= 0.6 is 0 Å². The van der Waals surface area contributed by atoms with Crippen LogP contribution in [0.2, 0.25) is 0 Å². The Kier molecular flexibility index (Phi) is 3.19. The van der Waals surface area contributed by atoms with Gasteiger partial charge in [0.2, 0.25) is 5.84 Å². The molecule has 0 amide bonds. The van der Waals surface area contributed by atoms with Gasteiger partial charge in [0.1, 0.15) is 0 Å². The predicted molar refractivity (Wildman–Crippen MR) is 57.7 cm³/mol. The summed E-state index contributed by atoms with van der Waals surface area (Å²) in [7, 11) is 0. The van der Waals surface area contributed by atoms with Gasteiger partial charge in [-0.05, 0) is 29.5 Å². The zero-order valence-corrected chi connectivity index (χ0v) is 9.63. The Labute approximate surface area is 105 Å². The summed E-state index contributed by atoms with van der Waals surface area (Å²) in [6, 6.07) is 4.14. The highest BCUT2D eigenvalue weighted by Crippen LogP contribution is 2.29. The monoisotopic (exact) mass is 271 g/mol. The van der Waals surface area contributed by atoms with Gasteiger partial charge in [-0.3, -0.25) is 0 Å². The van der Waals surface area contributed by atoms with Gasteiger partial charge >= 0.3 is 6.18 Å². The summed E-state index contributed by atoms with van der Waals surface area (Å²) in [6.07, 6.45) is -4.42. The number of tetrazole rings is 1. The third-order valence-corrected chi connectivity index (χ3v) is 2.39. The van der Waals surface area contributed by atoms with Crippen LogP contribution in [0.1, 0.15) is 17.0 Å². The van der Waals surface area contributed by atoms with Gasteiger partial charge in [-0.2, -0.15) is 17.9 Å². The molecule has 0 fully saturated rings. The quantitative estimate of drug-likeness (QED) is 0.370. The lowest BCUT2D eigenvalue weighted by Gasteiger charge is -2.08. The first-order valence-electron chi connectivity index (χ1n) is 5.08. The van der Waals surface area contributed by atoms with E-state index in [9.17, 15) is 13.2 Å². The minimum atomic E-state index is -4.42. The lowest BCUT2D eigenvalue weighted by molar-refractivity contribution is -0.137. The van der Waals surface area contributed by atoms with E-state index in [1.807, 2.05) is 0 Å². The smallest absolute Gasteiger partial charge is 0.409 e. The van der Waals surface area contributed by atoms with E-state index in [1.54, 1.807) is 6.92 Å². The van der Waals surface area contributed by atoms with E-state index in [1.165, 1.54) is 12.1 Å². The SMILES string of the molecule is Cc1nnnn1/C(=N/O)c1ccc(C(F)(F)F)cc1. The van der Waals surface area contributed by atoms with Crippen LogP contribution in [0.5, 0.6) is 0 Å². The van der Waals surface area contributed by atoms with E-state index < -0.39 is 11.7 Å². The van der Waals surface area contributed by atoms with E-state index in [-0.39, 0.29) is 11.4 Å². The fourth-order valence-corrected chi connectivity index (χ4v) is 1.46. The van der Waals surface area contributed by atoms with Crippen molar-refractivity contribution in [2.75, 3.05) is 0 Å². The third-order valence-electron chi connectivity index (χ3n) is 2.39. The van der Waals surface area contributed by atoms with Crippen molar-refractivity contribution in [3.8, 4) is 0 Å². The van der Waals surface area contributed by atoms with Crippen molar-refractivity contribution in [1.82, 2.24) is 20.2 Å². The molecule has 2 aromatic rings. The number of hydrogen-bond donors (Lipinski definition) is 1. The van der Waals surface area contributed by atoms with Crippen LogP contribution in [0.3, 0.4) is 0 Å². The standard InChI is InChI=1S/C10H8F3N5O/c1-6-14-16-17-18(6)9(15-19)7-2-4-8(5-3-7)10(11,12)13/h2-5,19H,1H3/b15-9+. The molecule has 0 bridgehead atoms. The van der Waals surface area contributed by atoms with Gasteiger partial charge in [0.15, 0.2) is 5.82 Å². The van der Waals surface area contributed by atoms with Gasteiger partial charge in [0.05, 0.1) is 5.56 Å². The molecular weight excluding hydrogens is 263 g/mol. The number of aryl methyl sites for hydroxylation is 1. The summed E-state index contributed by atoms with van der Waals surface area (Å²) >= 11 is 0. The van der Waals surface area contributed by atoms with Crippen LogP contribution in [-0.2, 0) is 6.18 Å². The number of oxime groups is 1. The van der Waals surface area contributed by atoms with Gasteiger partial charge in [-0.15, -0.1) is 5.10 Å². The average Bonchev–Trinajstić information content (AvgIpc) is 2.76. The summed E-state index contributed by atoms with van der Waals surface area (Å²) < 4.78 is 38.4. The summed E-state index contributed by atoms with van der Waals surface area (Å²) in [5, 5.41) is 22.5. The van der Waals surface area contributed by atoms with Gasteiger partial charge in [0.25, 0.3) is 0 Å². The highest BCUT2D eigenvalue weighted by molar-refractivity contribution is 5.99. The summed E-state index contributed by atoms with van der Waals surface area (Å²) in [5.41, 5.74) is -0.534. The Morgan fingerprint density at radius 1 is 1.26 bits per heavy atom. The zero-order chi connectivity index (χ0) is 14.0. The van der Waals surface area contributed by atoms with Crippen molar-refractivity contribution in [3.05, 3.63) is 41.2 Å². The molecule has 0 saturated carbocycles. The lowest BCUT2D eigenvalue weighted by atomic mass is 10.1. The van der Waals surface area contributed by atoms with Crippen LogP contribution < -0.4 is 0 Å². The van der Waals surface area contributed by atoms with Gasteiger partial charge in [0, 0.05) is 5.56 Å². The molecule has 2 rings (SSSR count). The predicted octanol–water partition coefficient (Wildman–Crippen LogP) is 1.68. The highest BCUT2D eigenvalue weighted by atomic mass is 19.4. The molecule has 1 N–H and O–H groups in total. The molecule has 19 heavy (non-hydrogen) atoms. The van der Waals surface area contributed by atoms with Crippen molar-refractivity contribution < 1.29 is 18.4 Å². The van der Waals surface area contributed by atoms with Gasteiger partial charge < -0.3 is 5.21 Å². The minimum Gasteiger partial charge on any atom is -0.409 e. The van der Waals surface area contributed by atoms with E-state index in [2.05, 4.69) is 20.7 Å². The number of halogens is 3. The molecule has 1 heterocycles. The van der Waals surface area contributed by atoms with Crippen LogP contribution in [0.15, 0.2) is 29.4 Å². The summed E-state index contributed by atoms with van der Waals surface area (Å²) in [4.78, 5) is 0. The van der Waals surface area contributed by atoms with Crippen molar-refractivity contribution in [2.24, 2.45) is 5.16 Å². The number of benzene rings is 1. The fraction of sp³-hybridized carbons (Fsp3) is 0.200. The summed E-state index contributed by atoms with van der Waals surface area (Å²) in [6.45, 7) is 1.56. The van der Waals surface area contributed by atoms with Gasteiger partial charge in [-0.25, -0.2) is 0 Å². The van der Waals surface area contributed by atoms with Crippen molar-refractivity contribution in [3.63, 3.8) is 0 Å². The normalized spacial score (nSPS) is 12.7. The first-order valence-corrected chi connectivity index (χ1v) is 5.08. The third kappa shape index (κ3) is 2.54. The Morgan fingerprint density at radius 3 is 2.32 bits per heavy atom. The molecule has 1 aromatic carbocycles. The Hall–Kier alpha value is -2.45. The van der Waals surface area contributed by atoms with Crippen molar-refractivity contribution >= 4 is 5.84 Å². The van der Waals surface area contributed by atoms with Crippen LogP contribution in [0.25, 0.3) is 0 Å². The number of nitrogens with zero attached hydrogens (tertiary/aromatic N) is 5. The lowest BCUT2D eigenvalue weighted by Crippen LogP contribution is -2.17. The van der Waals surface area contributed by atoms with Crippen LogP contribution in [0, 0.1) is 6.92 Å². The van der Waals surface area contributed by atoms with Crippen LogP contribution in [-0.4, -0.2) is 31.3 Å². The molecule has 9 heteroatoms. The average molecular weight is 271 g/mol. The van der Waals surface area contributed by atoms with E-state index in [0.717, 1.165) is 16.8 Å². The zero-order valence-electron chi connectivity index (χ0n) is 9.63. The van der Waals surface area contributed by atoms with E-state index in [0.29, 0.717) is 5.82 Å². The fourth-order valence-electron chi connectivity index (χ4n) is 1.46. The Bertz CT molecular complexity index is 602. The second kappa shape index (κ2) is 4.67. The van der Waals surface area contributed by atoms with Gasteiger partial charge in [-0.1, -0.05) is 17.3 Å². The largest absolute Gasteiger partial charge is 0.416 e. The molecule has 0 aliphatic heterocycles. The van der Waals surface area contributed by atoms with Crippen molar-refractivity contribution in [1.29, 1.82) is 0 Å².